The summed E-state index contributed by atoms with van der Waals surface area (Å²) in [5.41, 5.74) is -0.888. The molecule has 1 aliphatic rings. The van der Waals surface area contributed by atoms with E-state index in [-0.39, 0.29) is 0 Å². The maximum atomic E-state index is 10.6. The summed E-state index contributed by atoms with van der Waals surface area (Å²) in [7, 11) is 0. The summed E-state index contributed by atoms with van der Waals surface area (Å²) in [5, 5.41) is 18.4. The van der Waals surface area contributed by atoms with Crippen LogP contribution in [0.3, 0.4) is 0 Å². The molecule has 1 fully saturated rings. The SMILES string of the molecule is CCC(C(=O)O)C1(O)CCC1. The van der Waals surface area contributed by atoms with Crippen LogP contribution in [0.25, 0.3) is 0 Å². The van der Waals surface area contributed by atoms with E-state index in [0.29, 0.717) is 19.3 Å². The first kappa shape index (κ1) is 8.53. The normalized spacial score (nSPS) is 23.8. The zero-order valence-electron chi connectivity index (χ0n) is 6.71. The lowest BCUT2D eigenvalue weighted by Gasteiger charge is -2.40. The maximum Gasteiger partial charge on any atom is 0.309 e. The fraction of sp³-hybridized carbons (Fsp3) is 0.875. The topological polar surface area (TPSA) is 57.5 Å². The average Bonchev–Trinajstić information content (AvgIpc) is 1.85. The highest BCUT2D eigenvalue weighted by Gasteiger charge is 2.44. The van der Waals surface area contributed by atoms with Crippen LogP contribution in [0.5, 0.6) is 0 Å². The van der Waals surface area contributed by atoms with Crippen molar-refractivity contribution in [2.45, 2.75) is 38.2 Å². The number of aliphatic carboxylic acids is 1. The first-order chi connectivity index (χ1) is 5.10. The van der Waals surface area contributed by atoms with Gasteiger partial charge in [0.05, 0.1) is 11.5 Å². The van der Waals surface area contributed by atoms with Crippen LogP contribution in [0.15, 0.2) is 0 Å². The predicted molar refractivity (Wildman–Crippen MR) is 40.2 cm³/mol. The van der Waals surface area contributed by atoms with E-state index < -0.39 is 17.5 Å². The largest absolute Gasteiger partial charge is 0.481 e. The molecule has 0 spiro atoms. The molecule has 2 N–H and O–H groups in total. The van der Waals surface area contributed by atoms with E-state index in [1.807, 2.05) is 0 Å². The van der Waals surface area contributed by atoms with Crippen molar-refractivity contribution in [1.29, 1.82) is 0 Å². The predicted octanol–water partition coefficient (Wildman–Crippen LogP) is 1.01. The van der Waals surface area contributed by atoms with E-state index in [1.165, 1.54) is 0 Å². The van der Waals surface area contributed by atoms with Gasteiger partial charge >= 0.3 is 5.97 Å². The van der Waals surface area contributed by atoms with Gasteiger partial charge in [0, 0.05) is 0 Å². The van der Waals surface area contributed by atoms with Crippen molar-refractivity contribution in [3.05, 3.63) is 0 Å². The highest BCUT2D eigenvalue weighted by Crippen LogP contribution is 2.39. The second kappa shape index (κ2) is 2.81. The van der Waals surface area contributed by atoms with Crippen molar-refractivity contribution in [1.82, 2.24) is 0 Å². The summed E-state index contributed by atoms with van der Waals surface area (Å²) in [6, 6.07) is 0. The van der Waals surface area contributed by atoms with Gasteiger partial charge in [-0.05, 0) is 25.7 Å². The van der Waals surface area contributed by atoms with E-state index in [9.17, 15) is 9.90 Å². The fourth-order valence-electron chi connectivity index (χ4n) is 1.67. The summed E-state index contributed by atoms with van der Waals surface area (Å²) < 4.78 is 0. The Balaban J connectivity index is 2.60. The van der Waals surface area contributed by atoms with Gasteiger partial charge in [-0.2, -0.15) is 0 Å². The van der Waals surface area contributed by atoms with Crippen LogP contribution in [-0.4, -0.2) is 21.8 Å². The number of hydrogen-bond donors (Lipinski definition) is 2. The van der Waals surface area contributed by atoms with Gasteiger partial charge in [0.1, 0.15) is 0 Å². The number of carboxylic acids is 1. The van der Waals surface area contributed by atoms with Gasteiger partial charge in [0.25, 0.3) is 0 Å². The minimum absolute atomic E-state index is 0.520. The van der Waals surface area contributed by atoms with E-state index in [1.54, 1.807) is 6.92 Å². The quantitative estimate of drug-likeness (QED) is 0.644. The Morgan fingerprint density at radius 1 is 1.64 bits per heavy atom. The summed E-state index contributed by atoms with van der Waals surface area (Å²) in [5.74, 6) is -1.43. The Labute approximate surface area is 66.0 Å². The molecule has 1 saturated carbocycles. The molecular weight excluding hydrogens is 144 g/mol. The second-order valence-electron chi connectivity index (χ2n) is 3.26. The Bertz CT molecular complexity index is 161. The molecule has 1 atom stereocenters. The molecule has 3 heteroatoms. The van der Waals surface area contributed by atoms with Gasteiger partial charge in [-0.15, -0.1) is 0 Å². The summed E-state index contributed by atoms with van der Waals surface area (Å²) in [6.45, 7) is 1.80. The number of carboxylic acid groups (broad SMARTS) is 1. The zero-order chi connectivity index (χ0) is 8.48. The van der Waals surface area contributed by atoms with E-state index in [4.69, 9.17) is 5.11 Å². The molecule has 64 valence electrons. The first-order valence-corrected chi connectivity index (χ1v) is 4.05. The van der Waals surface area contributed by atoms with Gasteiger partial charge in [0.15, 0.2) is 0 Å². The van der Waals surface area contributed by atoms with Crippen LogP contribution in [-0.2, 0) is 4.79 Å². The molecule has 0 amide bonds. The van der Waals surface area contributed by atoms with Crippen LogP contribution in [0.1, 0.15) is 32.6 Å². The van der Waals surface area contributed by atoms with E-state index in [0.717, 1.165) is 6.42 Å². The third-order valence-corrected chi connectivity index (χ3v) is 2.57. The van der Waals surface area contributed by atoms with Gasteiger partial charge in [-0.25, -0.2) is 0 Å². The lowest BCUT2D eigenvalue weighted by molar-refractivity contribution is -0.160. The van der Waals surface area contributed by atoms with Crippen molar-refractivity contribution < 1.29 is 15.0 Å². The molecule has 0 aromatic heterocycles. The van der Waals surface area contributed by atoms with Crippen molar-refractivity contribution >= 4 is 5.97 Å². The van der Waals surface area contributed by atoms with E-state index in [2.05, 4.69) is 0 Å². The lowest BCUT2D eigenvalue weighted by Crippen LogP contribution is -2.47. The van der Waals surface area contributed by atoms with Crippen molar-refractivity contribution in [3.8, 4) is 0 Å². The fourth-order valence-corrected chi connectivity index (χ4v) is 1.67. The monoisotopic (exact) mass is 158 g/mol. The number of rotatable bonds is 3. The Morgan fingerprint density at radius 2 is 2.18 bits per heavy atom. The van der Waals surface area contributed by atoms with Crippen molar-refractivity contribution in [2.75, 3.05) is 0 Å². The van der Waals surface area contributed by atoms with Crippen LogP contribution in [0, 0.1) is 5.92 Å². The standard InChI is InChI=1S/C8H14O3/c1-2-6(7(9)10)8(11)4-3-5-8/h6,11H,2-5H2,1H3,(H,9,10). The Kier molecular flexibility index (Phi) is 2.18. The molecule has 0 bridgehead atoms. The minimum Gasteiger partial charge on any atom is -0.481 e. The number of carbonyl (C=O) groups is 1. The average molecular weight is 158 g/mol. The van der Waals surface area contributed by atoms with Crippen LogP contribution >= 0.6 is 0 Å². The summed E-state index contributed by atoms with van der Waals surface area (Å²) in [4.78, 5) is 10.6. The third-order valence-electron chi connectivity index (χ3n) is 2.57. The molecule has 0 radical (unpaired) electrons. The van der Waals surface area contributed by atoms with Gasteiger partial charge in [0.2, 0.25) is 0 Å². The van der Waals surface area contributed by atoms with Gasteiger partial charge in [-0.1, -0.05) is 6.92 Å². The lowest BCUT2D eigenvalue weighted by atomic mass is 9.70. The molecule has 1 rings (SSSR count). The number of aliphatic hydroxyl groups is 1. The maximum absolute atomic E-state index is 10.6. The molecule has 0 heterocycles. The second-order valence-corrected chi connectivity index (χ2v) is 3.26. The van der Waals surface area contributed by atoms with Gasteiger partial charge in [-0.3, -0.25) is 4.79 Å². The molecular formula is C8H14O3. The molecule has 3 nitrogen and oxygen atoms in total. The molecule has 1 unspecified atom stereocenters. The van der Waals surface area contributed by atoms with Gasteiger partial charge < -0.3 is 10.2 Å². The summed E-state index contributed by atoms with van der Waals surface area (Å²) in [6.07, 6.45) is 2.78. The molecule has 11 heavy (non-hydrogen) atoms. The van der Waals surface area contributed by atoms with Crippen LogP contribution in [0.4, 0.5) is 0 Å². The molecule has 0 saturated heterocycles. The molecule has 0 aromatic rings. The first-order valence-electron chi connectivity index (χ1n) is 4.05. The molecule has 0 aliphatic heterocycles. The minimum atomic E-state index is -0.888. The van der Waals surface area contributed by atoms with Crippen LogP contribution < -0.4 is 0 Å². The Morgan fingerprint density at radius 3 is 2.27 bits per heavy atom. The highest BCUT2D eigenvalue weighted by atomic mass is 16.4. The van der Waals surface area contributed by atoms with Crippen molar-refractivity contribution in [3.63, 3.8) is 0 Å². The highest BCUT2D eigenvalue weighted by molar-refractivity contribution is 5.71. The zero-order valence-corrected chi connectivity index (χ0v) is 6.71. The smallest absolute Gasteiger partial charge is 0.309 e. The molecule has 1 aliphatic carbocycles. The van der Waals surface area contributed by atoms with E-state index >= 15 is 0 Å². The van der Waals surface area contributed by atoms with Crippen LogP contribution in [0.2, 0.25) is 0 Å². The number of hydrogen-bond acceptors (Lipinski definition) is 2. The van der Waals surface area contributed by atoms with Crippen molar-refractivity contribution in [2.24, 2.45) is 5.92 Å². The Hall–Kier alpha value is -0.570. The molecule has 0 aromatic carbocycles. The third kappa shape index (κ3) is 1.38. The summed E-state index contributed by atoms with van der Waals surface area (Å²) >= 11 is 0.